The highest BCUT2D eigenvalue weighted by Crippen LogP contribution is 2.38. The lowest BCUT2D eigenvalue weighted by Gasteiger charge is -2.28. The summed E-state index contributed by atoms with van der Waals surface area (Å²) < 4.78 is 17.4. The number of rotatable bonds is 1. The van der Waals surface area contributed by atoms with Gasteiger partial charge >= 0.3 is 0 Å². The minimum atomic E-state index is -0.112. The van der Waals surface area contributed by atoms with Crippen LogP contribution in [0.15, 0.2) is 30.3 Å². The number of benzene rings is 2. The van der Waals surface area contributed by atoms with Gasteiger partial charge in [-0.1, -0.05) is 17.7 Å². The Morgan fingerprint density at radius 3 is 3.00 bits per heavy atom. The number of fused-ring (bicyclic) bond motifs is 2. The van der Waals surface area contributed by atoms with E-state index in [0.717, 1.165) is 30.8 Å². The van der Waals surface area contributed by atoms with Gasteiger partial charge in [-0.25, -0.2) is 0 Å². The molecule has 4 rings (SSSR count). The highest BCUT2D eigenvalue weighted by molar-refractivity contribution is 6.30. The van der Waals surface area contributed by atoms with E-state index in [2.05, 4.69) is 12.1 Å². The molecule has 0 amide bonds. The summed E-state index contributed by atoms with van der Waals surface area (Å²) in [7, 11) is 0. The quantitative estimate of drug-likeness (QED) is 0.797. The summed E-state index contributed by atoms with van der Waals surface area (Å²) in [6, 6.07) is 12.6. The average molecular weight is 302 g/mol. The van der Waals surface area contributed by atoms with Crippen molar-refractivity contribution in [2.24, 2.45) is 0 Å². The lowest BCUT2D eigenvalue weighted by atomic mass is 10.0. The largest absolute Gasteiger partial charge is 0.493 e. The third-order valence-electron chi connectivity index (χ3n) is 3.81. The van der Waals surface area contributed by atoms with Crippen LogP contribution in [-0.4, -0.2) is 13.2 Å². The Kier molecular flexibility index (Phi) is 3.15. The molecule has 0 bridgehead atoms. The number of aryl methyl sites for hydroxylation is 1. The zero-order chi connectivity index (χ0) is 14.2. The minimum Gasteiger partial charge on any atom is -0.493 e. The summed E-state index contributed by atoms with van der Waals surface area (Å²) in [5.74, 6) is 2.35. The number of halogens is 1. The number of ether oxygens (including phenoxy) is 3. The van der Waals surface area contributed by atoms with Gasteiger partial charge in [0.05, 0.1) is 11.6 Å². The molecule has 2 aromatic rings. The SMILES string of the molecule is Clc1[c]cc2c(c1)OCC(c1ccc3c(c1)CCCO3)O2. The van der Waals surface area contributed by atoms with Crippen LogP contribution in [0.2, 0.25) is 5.02 Å². The van der Waals surface area contributed by atoms with E-state index in [1.54, 1.807) is 12.1 Å². The molecule has 0 aromatic heterocycles. The van der Waals surface area contributed by atoms with Crippen molar-refractivity contribution in [2.45, 2.75) is 18.9 Å². The van der Waals surface area contributed by atoms with Crippen LogP contribution in [0.3, 0.4) is 0 Å². The van der Waals surface area contributed by atoms with Crippen LogP contribution < -0.4 is 14.2 Å². The summed E-state index contributed by atoms with van der Waals surface area (Å²) in [5.41, 5.74) is 2.36. The smallest absolute Gasteiger partial charge is 0.163 e. The molecule has 1 radical (unpaired) electrons. The Morgan fingerprint density at radius 1 is 1.10 bits per heavy atom. The van der Waals surface area contributed by atoms with Gasteiger partial charge in [0.2, 0.25) is 0 Å². The zero-order valence-electron chi connectivity index (χ0n) is 11.4. The van der Waals surface area contributed by atoms with Crippen LogP contribution in [0.1, 0.15) is 23.7 Å². The van der Waals surface area contributed by atoms with Crippen LogP contribution >= 0.6 is 11.6 Å². The molecule has 0 saturated carbocycles. The second-order valence-electron chi connectivity index (χ2n) is 5.25. The van der Waals surface area contributed by atoms with Crippen molar-refractivity contribution in [1.29, 1.82) is 0 Å². The van der Waals surface area contributed by atoms with Crippen molar-refractivity contribution in [3.63, 3.8) is 0 Å². The van der Waals surface area contributed by atoms with Gasteiger partial charge in [-0.15, -0.1) is 0 Å². The topological polar surface area (TPSA) is 27.7 Å². The normalized spacial score (nSPS) is 19.6. The zero-order valence-corrected chi connectivity index (χ0v) is 12.2. The molecule has 3 nitrogen and oxygen atoms in total. The molecule has 21 heavy (non-hydrogen) atoms. The van der Waals surface area contributed by atoms with Gasteiger partial charge in [-0.05, 0) is 42.2 Å². The molecule has 1 unspecified atom stereocenters. The van der Waals surface area contributed by atoms with Crippen molar-refractivity contribution in [3.05, 3.63) is 52.5 Å². The molecule has 0 spiro atoms. The maximum atomic E-state index is 6.01. The third kappa shape index (κ3) is 2.42. The Morgan fingerprint density at radius 2 is 2.05 bits per heavy atom. The molecule has 4 heteroatoms. The fourth-order valence-electron chi connectivity index (χ4n) is 2.74. The standard InChI is InChI=1S/C17H14ClO3/c18-13-4-6-15-16(9-13)20-10-17(21-15)12-3-5-14-11(8-12)2-1-7-19-14/h3,5-6,8-9,17H,1-2,7,10H2. The molecule has 107 valence electrons. The van der Waals surface area contributed by atoms with Gasteiger partial charge in [-0.2, -0.15) is 0 Å². The third-order valence-corrected chi connectivity index (χ3v) is 4.02. The van der Waals surface area contributed by atoms with Gasteiger partial charge in [0, 0.05) is 12.1 Å². The molecule has 0 saturated heterocycles. The molecular weight excluding hydrogens is 288 g/mol. The van der Waals surface area contributed by atoms with E-state index in [4.69, 9.17) is 25.8 Å². The van der Waals surface area contributed by atoms with Crippen LogP contribution in [0.25, 0.3) is 0 Å². The van der Waals surface area contributed by atoms with E-state index < -0.39 is 0 Å². The number of hydrogen-bond acceptors (Lipinski definition) is 3. The van der Waals surface area contributed by atoms with E-state index in [9.17, 15) is 0 Å². The molecule has 0 fully saturated rings. The predicted octanol–water partition coefficient (Wildman–Crippen LogP) is 3.98. The summed E-state index contributed by atoms with van der Waals surface area (Å²) in [6.07, 6.45) is 2.00. The first-order chi connectivity index (χ1) is 10.3. The minimum absolute atomic E-state index is 0.112. The van der Waals surface area contributed by atoms with Gasteiger partial charge in [0.15, 0.2) is 17.6 Å². The Labute approximate surface area is 128 Å². The van der Waals surface area contributed by atoms with Crippen LogP contribution in [0.4, 0.5) is 0 Å². The van der Waals surface area contributed by atoms with Gasteiger partial charge in [0.1, 0.15) is 12.4 Å². The fourth-order valence-corrected chi connectivity index (χ4v) is 2.89. The Hall–Kier alpha value is -1.87. The van der Waals surface area contributed by atoms with E-state index in [1.807, 2.05) is 12.1 Å². The summed E-state index contributed by atoms with van der Waals surface area (Å²) in [6.45, 7) is 1.28. The van der Waals surface area contributed by atoms with Gasteiger partial charge in [0.25, 0.3) is 0 Å². The first kappa shape index (κ1) is 12.8. The molecule has 2 aliphatic heterocycles. The first-order valence-corrected chi connectivity index (χ1v) is 7.44. The van der Waals surface area contributed by atoms with Crippen molar-refractivity contribution < 1.29 is 14.2 Å². The first-order valence-electron chi connectivity index (χ1n) is 7.06. The van der Waals surface area contributed by atoms with E-state index in [-0.39, 0.29) is 6.10 Å². The van der Waals surface area contributed by atoms with Crippen molar-refractivity contribution in [3.8, 4) is 17.2 Å². The second kappa shape index (κ2) is 5.15. The molecule has 2 aromatic carbocycles. The van der Waals surface area contributed by atoms with E-state index in [0.29, 0.717) is 23.1 Å². The second-order valence-corrected chi connectivity index (χ2v) is 5.65. The molecule has 0 aliphatic carbocycles. The van der Waals surface area contributed by atoms with Crippen molar-refractivity contribution >= 4 is 11.6 Å². The lowest BCUT2D eigenvalue weighted by molar-refractivity contribution is 0.0911. The predicted molar refractivity (Wildman–Crippen MR) is 79.4 cm³/mol. The summed E-state index contributed by atoms with van der Waals surface area (Å²) >= 11 is 5.90. The van der Waals surface area contributed by atoms with E-state index in [1.165, 1.54) is 5.56 Å². The van der Waals surface area contributed by atoms with Gasteiger partial charge < -0.3 is 14.2 Å². The highest BCUT2D eigenvalue weighted by Gasteiger charge is 2.24. The molecule has 1 atom stereocenters. The van der Waals surface area contributed by atoms with Crippen molar-refractivity contribution in [2.75, 3.05) is 13.2 Å². The van der Waals surface area contributed by atoms with E-state index >= 15 is 0 Å². The Balaban J connectivity index is 1.62. The molecule has 2 aliphatic rings. The Bertz CT molecular complexity index is 684. The van der Waals surface area contributed by atoms with Crippen LogP contribution in [0.5, 0.6) is 17.2 Å². The summed E-state index contributed by atoms with van der Waals surface area (Å²) in [5, 5.41) is 0.529. The monoisotopic (exact) mass is 301 g/mol. The average Bonchev–Trinajstić information content (AvgIpc) is 2.54. The van der Waals surface area contributed by atoms with Gasteiger partial charge in [-0.3, -0.25) is 0 Å². The highest BCUT2D eigenvalue weighted by atomic mass is 35.5. The maximum Gasteiger partial charge on any atom is 0.163 e. The number of hydrogen-bond donors (Lipinski definition) is 0. The van der Waals surface area contributed by atoms with Crippen molar-refractivity contribution in [1.82, 2.24) is 0 Å². The fraction of sp³-hybridized carbons (Fsp3) is 0.294. The molecule has 2 heterocycles. The molecular formula is C17H14ClO3. The maximum absolute atomic E-state index is 6.01. The van der Waals surface area contributed by atoms with Crippen LogP contribution in [0, 0.1) is 6.07 Å². The van der Waals surface area contributed by atoms with Crippen LogP contribution in [-0.2, 0) is 6.42 Å². The summed E-state index contributed by atoms with van der Waals surface area (Å²) in [4.78, 5) is 0. The lowest BCUT2D eigenvalue weighted by Crippen LogP contribution is -2.22. The molecule has 0 N–H and O–H groups in total.